The first-order chi connectivity index (χ1) is 9.78. The number of nitrogens with zero attached hydrogens (tertiary/aromatic N) is 1. The number of aliphatic hydroxyl groups is 1. The molecule has 120 valence electrons. The Labute approximate surface area is 126 Å². The molecule has 1 aromatic rings. The molecule has 0 atom stereocenters. The number of rotatable bonds is 7. The highest BCUT2D eigenvalue weighted by Crippen LogP contribution is 2.25. The monoisotopic (exact) mass is 300 g/mol. The zero-order valence-electron chi connectivity index (χ0n) is 13.3. The Morgan fingerprint density at radius 3 is 2.14 bits per heavy atom. The van der Waals surface area contributed by atoms with Gasteiger partial charge in [-0.25, -0.2) is 8.78 Å². The summed E-state index contributed by atoms with van der Waals surface area (Å²) in [6.07, 6.45) is 0.756. The van der Waals surface area contributed by atoms with Crippen LogP contribution in [0.1, 0.15) is 39.7 Å². The van der Waals surface area contributed by atoms with Crippen molar-refractivity contribution in [3.05, 3.63) is 29.3 Å². The summed E-state index contributed by atoms with van der Waals surface area (Å²) in [6, 6.07) is 2.72. The minimum absolute atomic E-state index is 0.0505. The molecule has 0 saturated carbocycles. The zero-order valence-corrected chi connectivity index (χ0v) is 13.3. The molecule has 0 saturated heterocycles. The third-order valence-electron chi connectivity index (χ3n) is 3.08. The van der Waals surface area contributed by atoms with Gasteiger partial charge in [0.25, 0.3) is 0 Å². The van der Waals surface area contributed by atoms with E-state index >= 15 is 0 Å². The molecule has 1 rings (SSSR count). The normalized spacial score (nSPS) is 11.8. The molecule has 0 aliphatic heterocycles. The van der Waals surface area contributed by atoms with Crippen LogP contribution in [0.4, 0.5) is 14.5 Å². The van der Waals surface area contributed by atoms with Crippen LogP contribution in [0.3, 0.4) is 0 Å². The minimum Gasteiger partial charge on any atom is -0.395 e. The van der Waals surface area contributed by atoms with Crippen LogP contribution in [-0.4, -0.2) is 30.3 Å². The van der Waals surface area contributed by atoms with Crippen molar-refractivity contribution >= 4 is 5.69 Å². The molecule has 0 amide bonds. The van der Waals surface area contributed by atoms with E-state index < -0.39 is 11.6 Å². The molecule has 0 heterocycles. The van der Waals surface area contributed by atoms with Gasteiger partial charge in [-0.15, -0.1) is 0 Å². The Bertz CT molecular complexity index is 429. The molecule has 0 unspecified atom stereocenters. The van der Waals surface area contributed by atoms with Gasteiger partial charge in [-0.05, 0) is 44.9 Å². The quantitative estimate of drug-likeness (QED) is 0.812. The molecule has 0 aliphatic carbocycles. The number of hydrogen-bond donors (Lipinski definition) is 2. The fraction of sp³-hybridized carbons (Fsp3) is 0.625. The number of hydrogen-bond acceptors (Lipinski definition) is 3. The first-order valence-electron chi connectivity index (χ1n) is 7.37. The maximum atomic E-state index is 14.2. The van der Waals surface area contributed by atoms with Gasteiger partial charge in [0.1, 0.15) is 17.3 Å². The Balaban J connectivity index is 2.98. The van der Waals surface area contributed by atoms with Gasteiger partial charge < -0.3 is 15.3 Å². The summed E-state index contributed by atoms with van der Waals surface area (Å²) in [6.45, 7) is 8.93. The van der Waals surface area contributed by atoms with E-state index in [9.17, 15) is 8.78 Å². The van der Waals surface area contributed by atoms with Gasteiger partial charge in [0.05, 0.1) is 6.61 Å². The molecular formula is C16H26F2N2O. The Morgan fingerprint density at radius 2 is 1.71 bits per heavy atom. The molecule has 0 bridgehead atoms. The summed E-state index contributed by atoms with van der Waals surface area (Å²) < 4.78 is 28.5. The molecule has 0 radical (unpaired) electrons. The lowest BCUT2D eigenvalue weighted by molar-refractivity contribution is 0.301. The highest BCUT2D eigenvalue weighted by atomic mass is 19.1. The van der Waals surface area contributed by atoms with E-state index in [2.05, 4.69) is 5.32 Å². The average Bonchev–Trinajstić information content (AvgIpc) is 2.35. The van der Waals surface area contributed by atoms with Crippen molar-refractivity contribution < 1.29 is 13.9 Å². The van der Waals surface area contributed by atoms with Crippen LogP contribution in [0.5, 0.6) is 0 Å². The van der Waals surface area contributed by atoms with Gasteiger partial charge in [0, 0.05) is 25.2 Å². The fourth-order valence-corrected chi connectivity index (χ4v) is 2.12. The zero-order chi connectivity index (χ0) is 16.0. The van der Waals surface area contributed by atoms with E-state index in [0.717, 1.165) is 6.42 Å². The van der Waals surface area contributed by atoms with E-state index in [1.165, 1.54) is 12.1 Å². The number of anilines is 1. The van der Waals surface area contributed by atoms with Crippen molar-refractivity contribution in [2.24, 2.45) is 0 Å². The van der Waals surface area contributed by atoms with Crippen LogP contribution >= 0.6 is 0 Å². The third-order valence-corrected chi connectivity index (χ3v) is 3.08. The summed E-state index contributed by atoms with van der Waals surface area (Å²) >= 11 is 0. The molecule has 0 aliphatic rings. The molecule has 3 nitrogen and oxygen atoms in total. The van der Waals surface area contributed by atoms with Crippen LogP contribution < -0.4 is 10.2 Å². The Kier molecular flexibility index (Phi) is 6.55. The largest absolute Gasteiger partial charge is 0.395 e. The average molecular weight is 300 g/mol. The van der Waals surface area contributed by atoms with E-state index in [4.69, 9.17) is 5.11 Å². The van der Waals surface area contributed by atoms with Gasteiger partial charge >= 0.3 is 0 Å². The summed E-state index contributed by atoms with van der Waals surface area (Å²) in [5.41, 5.74) is 0.408. The van der Waals surface area contributed by atoms with Crippen LogP contribution in [0.2, 0.25) is 0 Å². The molecule has 0 spiro atoms. The van der Waals surface area contributed by atoms with Gasteiger partial charge in [-0.1, -0.05) is 6.92 Å². The Hall–Kier alpha value is -1.20. The van der Waals surface area contributed by atoms with Crippen molar-refractivity contribution in [2.75, 3.05) is 24.6 Å². The van der Waals surface area contributed by atoms with Crippen molar-refractivity contribution in [1.82, 2.24) is 5.32 Å². The number of benzene rings is 1. The number of aliphatic hydroxyl groups excluding tert-OH is 1. The molecule has 5 heteroatoms. The van der Waals surface area contributed by atoms with Crippen LogP contribution in [0.15, 0.2) is 12.1 Å². The van der Waals surface area contributed by atoms with Crippen molar-refractivity contribution in [3.63, 3.8) is 0 Å². The van der Waals surface area contributed by atoms with Crippen LogP contribution in [0, 0.1) is 11.6 Å². The topological polar surface area (TPSA) is 35.5 Å². The highest BCUT2D eigenvalue weighted by molar-refractivity contribution is 5.50. The van der Waals surface area contributed by atoms with E-state index in [0.29, 0.717) is 18.7 Å². The summed E-state index contributed by atoms with van der Waals surface area (Å²) in [5, 5.41) is 12.2. The van der Waals surface area contributed by atoms with Gasteiger partial charge in [-0.3, -0.25) is 0 Å². The van der Waals surface area contributed by atoms with Crippen molar-refractivity contribution in [2.45, 2.75) is 46.2 Å². The SMILES string of the molecule is CCCN(CCO)c1c(F)cc(CNC(C)(C)C)cc1F. The second-order valence-electron chi connectivity index (χ2n) is 6.22. The predicted octanol–water partition coefficient (Wildman–Crippen LogP) is 3.06. The standard InChI is InChI=1S/C16H26F2N2O/c1-5-6-20(7-8-21)15-13(17)9-12(10-14(15)18)11-19-16(2,3)4/h9-10,19,21H,5-8,11H2,1-4H3. The molecule has 2 N–H and O–H groups in total. The summed E-state index contributed by atoms with van der Waals surface area (Å²) in [5.74, 6) is -1.16. The van der Waals surface area contributed by atoms with Gasteiger partial charge in [-0.2, -0.15) is 0 Å². The maximum absolute atomic E-state index is 14.2. The lowest BCUT2D eigenvalue weighted by Gasteiger charge is -2.25. The smallest absolute Gasteiger partial charge is 0.149 e. The van der Waals surface area contributed by atoms with Crippen molar-refractivity contribution in [3.8, 4) is 0 Å². The fourth-order valence-electron chi connectivity index (χ4n) is 2.12. The second-order valence-corrected chi connectivity index (χ2v) is 6.22. The first kappa shape index (κ1) is 17.9. The first-order valence-corrected chi connectivity index (χ1v) is 7.37. The molecule has 0 fully saturated rings. The van der Waals surface area contributed by atoms with E-state index in [1.807, 2.05) is 27.7 Å². The number of nitrogens with one attached hydrogen (secondary N) is 1. The highest BCUT2D eigenvalue weighted by Gasteiger charge is 2.18. The molecular weight excluding hydrogens is 274 g/mol. The summed E-state index contributed by atoms with van der Waals surface area (Å²) in [4.78, 5) is 1.55. The lowest BCUT2D eigenvalue weighted by Crippen LogP contribution is -2.35. The van der Waals surface area contributed by atoms with Gasteiger partial charge in [0.15, 0.2) is 0 Å². The third kappa shape index (κ3) is 5.59. The lowest BCUT2D eigenvalue weighted by atomic mass is 10.1. The molecule has 0 aromatic heterocycles. The van der Waals surface area contributed by atoms with Crippen LogP contribution in [0.25, 0.3) is 0 Å². The second kappa shape index (κ2) is 7.71. The van der Waals surface area contributed by atoms with Crippen LogP contribution in [-0.2, 0) is 6.54 Å². The van der Waals surface area contributed by atoms with E-state index in [-0.39, 0.29) is 24.4 Å². The maximum Gasteiger partial charge on any atom is 0.149 e. The van der Waals surface area contributed by atoms with E-state index in [1.54, 1.807) is 4.90 Å². The predicted molar refractivity (Wildman–Crippen MR) is 82.5 cm³/mol. The minimum atomic E-state index is -0.581. The molecule has 21 heavy (non-hydrogen) atoms. The van der Waals surface area contributed by atoms with Crippen molar-refractivity contribution in [1.29, 1.82) is 0 Å². The molecule has 1 aromatic carbocycles. The number of halogens is 2. The van der Waals surface area contributed by atoms with Gasteiger partial charge in [0.2, 0.25) is 0 Å². The summed E-state index contributed by atoms with van der Waals surface area (Å²) in [7, 11) is 0. The Morgan fingerprint density at radius 1 is 1.14 bits per heavy atom.